The van der Waals surface area contributed by atoms with Gasteiger partial charge in [-0.15, -0.1) is 0 Å². The summed E-state index contributed by atoms with van der Waals surface area (Å²) in [5.41, 5.74) is 0.922. The molecule has 0 saturated heterocycles. The molecule has 8 heteroatoms. The van der Waals surface area contributed by atoms with Gasteiger partial charge in [0.05, 0.1) is 12.2 Å². The summed E-state index contributed by atoms with van der Waals surface area (Å²) in [7, 11) is 0. The predicted molar refractivity (Wildman–Crippen MR) is 89.0 cm³/mol. The summed E-state index contributed by atoms with van der Waals surface area (Å²) in [6, 6.07) is 10.9. The molecule has 3 aromatic rings. The molecular formula is C18H12F3N3O2. The minimum Gasteiger partial charge on any atom is -0.329 e. The molecule has 0 atom stereocenters. The monoisotopic (exact) mass is 359 g/mol. The fraction of sp³-hybridized carbons (Fsp3) is 0.0556. The van der Waals surface area contributed by atoms with Gasteiger partial charge in [0.25, 0.3) is 5.56 Å². The van der Waals surface area contributed by atoms with Crippen LogP contribution in [0.4, 0.5) is 18.9 Å². The standard InChI is InChI=1S/C18H12F3N3O2/c19-14-7-12(8-15(20)18(14)21)16-4-5-17(26)24(23-16)9-11-2-1-3-13(6-11)22-10-25/h1-8,10H,9H2,(H,22,25). The lowest BCUT2D eigenvalue weighted by molar-refractivity contribution is -0.105. The molecule has 0 aliphatic rings. The van der Waals surface area contributed by atoms with Gasteiger partial charge < -0.3 is 5.32 Å². The number of amides is 1. The van der Waals surface area contributed by atoms with E-state index in [4.69, 9.17) is 0 Å². The van der Waals surface area contributed by atoms with Crippen LogP contribution in [0.15, 0.2) is 53.3 Å². The van der Waals surface area contributed by atoms with Crippen molar-refractivity contribution >= 4 is 12.1 Å². The Kier molecular flexibility index (Phi) is 4.83. The predicted octanol–water partition coefficient (Wildman–Crippen LogP) is 2.94. The van der Waals surface area contributed by atoms with Crippen LogP contribution >= 0.6 is 0 Å². The summed E-state index contributed by atoms with van der Waals surface area (Å²) in [6.07, 6.45) is 0.530. The van der Waals surface area contributed by atoms with E-state index in [9.17, 15) is 22.8 Å². The first-order chi connectivity index (χ1) is 12.5. The maximum absolute atomic E-state index is 13.4. The van der Waals surface area contributed by atoms with Gasteiger partial charge in [-0.25, -0.2) is 17.9 Å². The molecule has 1 aromatic heterocycles. The Hall–Kier alpha value is -3.42. The largest absolute Gasteiger partial charge is 0.329 e. The van der Waals surface area contributed by atoms with Crippen molar-refractivity contribution in [3.05, 3.63) is 81.9 Å². The molecular weight excluding hydrogens is 347 g/mol. The van der Waals surface area contributed by atoms with Crippen LogP contribution in [0, 0.1) is 17.5 Å². The van der Waals surface area contributed by atoms with Gasteiger partial charge in [-0.1, -0.05) is 12.1 Å². The van der Waals surface area contributed by atoms with Gasteiger partial charge in [0.15, 0.2) is 17.5 Å². The van der Waals surface area contributed by atoms with Crippen molar-refractivity contribution in [1.29, 1.82) is 0 Å². The number of benzene rings is 2. The Balaban J connectivity index is 1.97. The van der Waals surface area contributed by atoms with Gasteiger partial charge in [-0.05, 0) is 35.9 Å². The SMILES string of the molecule is O=CNc1cccc(Cn2nc(-c3cc(F)c(F)c(F)c3)ccc2=O)c1. The van der Waals surface area contributed by atoms with E-state index in [1.54, 1.807) is 24.3 Å². The lowest BCUT2D eigenvalue weighted by Gasteiger charge is -2.09. The van der Waals surface area contributed by atoms with Gasteiger partial charge in [-0.2, -0.15) is 5.10 Å². The van der Waals surface area contributed by atoms with Crippen LogP contribution in [-0.2, 0) is 11.3 Å². The molecule has 0 spiro atoms. The Morgan fingerprint density at radius 2 is 1.77 bits per heavy atom. The molecule has 0 aliphatic heterocycles. The molecule has 0 aliphatic carbocycles. The highest BCUT2D eigenvalue weighted by molar-refractivity contribution is 5.71. The fourth-order valence-electron chi connectivity index (χ4n) is 2.42. The molecule has 0 fully saturated rings. The number of aromatic nitrogens is 2. The number of anilines is 1. The van der Waals surface area contributed by atoms with Gasteiger partial charge in [0, 0.05) is 17.3 Å². The van der Waals surface area contributed by atoms with Crippen molar-refractivity contribution in [1.82, 2.24) is 9.78 Å². The molecule has 0 saturated carbocycles. The second-order valence-electron chi connectivity index (χ2n) is 5.43. The van der Waals surface area contributed by atoms with E-state index in [-0.39, 0.29) is 17.8 Å². The van der Waals surface area contributed by atoms with Crippen molar-refractivity contribution in [3.8, 4) is 11.3 Å². The van der Waals surface area contributed by atoms with Crippen molar-refractivity contribution < 1.29 is 18.0 Å². The lowest BCUT2D eigenvalue weighted by Crippen LogP contribution is -2.23. The topological polar surface area (TPSA) is 64.0 Å². The first-order valence-corrected chi connectivity index (χ1v) is 7.50. The summed E-state index contributed by atoms with van der Waals surface area (Å²) >= 11 is 0. The van der Waals surface area contributed by atoms with Gasteiger partial charge in [-0.3, -0.25) is 9.59 Å². The van der Waals surface area contributed by atoms with Gasteiger partial charge >= 0.3 is 0 Å². The molecule has 2 aromatic carbocycles. The summed E-state index contributed by atoms with van der Waals surface area (Å²) in [6.45, 7) is 0.0766. The average molecular weight is 359 g/mol. The highest BCUT2D eigenvalue weighted by Gasteiger charge is 2.13. The van der Waals surface area contributed by atoms with Crippen LogP contribution in [-0.4, -0.2) is 16.2 Å². The molecule has 3 rings (SSSR count). The molecule has 0 bridgehead atoms. The fourth-order valence-corrected chi connectivity index (χ4v) is 2.42. The van der Waals surface area contributed by atoms with E-state index in [0.717, 1.165) is 16.8 Å². The van der Waals surface area contributed by atoms with Crippen LogP contribution in [0.2, 0.25) is 0 Å². The average Bonchev–Trinajstić information content (AvgIpc) is 2.62. The molecule has 1 amide bonds. The van der Waals surface area contributed by atoms with Crippen molar-refractivity contribution in [2.45, 2.75) is 6.54 Å². The summed E-state index contributed by atoms with van der Waals surface area (Å²) in [5.74, 6) is -4.25. The molecule has 1 N–H and O–H groups in total. The quantitative estimate of drug-likeness (QED) is 0.563. The zero-order valence-corrected chi connectivity index (χ0v) is 13.2. The first kappa shape index (κ1) is 17.4. The van der Waals surface area contributed by atoms with Crippen LogP contribution in [0.3, 0.4) is 0 Å². The number of halogens is 3. The van der Waals surface area contributed by atoms with Crippen LogP contribution in [0.1, 0.15) is 5.56 Å². The third kappa shape index (κ3) is 3.64. The van der Waals surface area contributed by atoms with E-state index in [0.29, 0.717) is 17.7 Å². The number of nitrogens with zero attached hydrogens (tertiary/aromatic N) is 2. The van der Waals surface area contributed by atoms with Crippen LogP contribution in [0.5, 0.6) is 0 Å². The summed E-state index contributed by atoms with van der Waals surface area (Å²) in [5, 5.41) is 6.58. The van der Waals surface area contributed by atoms with E-state index in [1.807, 2.05) is 0 Å². The highest BCUT2D eigenvalue weighted by atomic mass is 19.2. The normalized spacial score (nSPS) is 10.6. The smallest absolute Gasteiger partial charge is 0.267 e. The number of hydrogen-bond acceptors (Lipinski definition) is 3. The van der Waals surface area contributed by atoms with E-state index < -0.39 is 23.0 Å². The van der Waals surface area contributed by atoms with E-state index in [2.05, 4.69) is 10.4 Å². The van der Waals surface area contributed by atoms with Crippen molar-refractivity contribution in [2.24, 2.45) is 0 Å². The van der Waals surface area contributed by atoms with Gasteiger partial charge in [0.2, 0.25) is 6.41 Å². The number of nitrogens with one attached hydrogen (secondary N) is 1. The Morgan fingerprint density at radius 1 is 1.04 bits per heavy atom. The second kappa shape index (κ2) is 7.22. The zero-order chi connectivity index (χ0) is 18.7. The van der Waals surface area contributed by atoms with Crippen molar-refractivity contribution in [2.75, 3.05) is 5.32 Å². The molecule has 26 heavy (non-hydrogen) atoms. The minimum atomic E-state index is -1.57. The third-order valence-electron chi connectivity index (χ3n) is 3.63. The lowest BCUT2D eigenvalue weighted by atomic mass is 10.1. The Morgan fingerprint density at radius 3 is 2.46 bits per heavy atom. The second-order valence-corrected chi connectivity index (χ2v) is 5.43. The third-order valence-corrected chi connectivity index (χ3v) is 3.63. The van der Waals surface area contributed by atoms with Crippen molar-refractivity contribution in [3.63, 3.8) is 0 Å². The molecule has 5 nitrogen and oxygen atoms in total. The van der Waals surface area contributed by atoms with Crippen LogP contribution in [0.25, 0.3) is 11.3 Å². The maximum atomic E-state index is 13.4. The summed E-state index contributed by atoms with van der Waals surface area (Å²) < 4.78 is 41.1. The highest BCUT2D eigenvalue weighted by Crippen LogP contribution is 2.21. The summed E-state index contributed by atoms with van der Waals surface area (Å²) in [4.78, 5) is 22.5. The minimum absolute atomic E-state index is 0.00604. The Bertz CT molecular complexity index is 1010. The van der Waals surface area contributed by atoms with Gasteiger partial charge in [0.1, 0.15) is 0 Å². The molecule has 0 radical (unpaired) electrons. The molecule has 1 heterocycles. The Labute approximate surface area is 145 Å². The first-order valence-electron chi connectivity index (χ1n) is 7.50. The number of hydrogen-bond donors (Lipinski definition) is 1. The molecule has 132 valence electrons. The maximum Gasteiger partial charge on any atom is 0.267 e. The molecule has 0 unspecified atom stereocenters. The number of carbonyl (C=O) groups excluding carboxylic acids is 1. The van der Waals surface area contributed by atoms with E-state index >= 15 is 0 Å². The number of rotatable bonds is 5. The van der Waals surface area contributed by atoms with E-state index in [1.165, 1.54) is 12.1 Å². The number of carbonyl (C=O) groups is 1. The van der Waals surface area contributed by atoms with Crippen LogP contribution < -0.4 is 10.9 Å². The zero-order valence-electron chi connectivity index (χ0n) is 13.2.